The van der Waals surface area contributed by atoms with Crippen LogP contribution < -0.4 is 0 Å². The monoisotopic (exact) mass is 239 g/mol. The number of hydrogen-bond acceptors (Lipinski definition) is 5. The van der Waals surface area contributed by atoms with Gasteiger partial charge in [-0.2, -0.15) is 26.3 Å². The molecule has 1 unspecified atom stereocenters. The fourth-order valence-electron chi connectivity index (χ4n) is 1.66. The Hall–Kier alpha value is -2.55. The SMILES string of the molecule is N#CCCCCCC(C#N)C(C#N)(C#N)CC#N. The molecule has 0 saturated carbocycles. The van der Waals surface area contributed by atoms with Crippen LogP contribution in [0.2, 0.25) is 0 Å². The zero-order chi connectivity index (χ0) is 13.9. The van der Waals surface area contributed by atoms with E-state index in [9.17, 15) is 0 Å². The quantitative estimate of drug-likeness (QED) is 0.632. The van der Waals surface area contributed by atoms with E-state index in [2.05, 4.69) is 0 Å². The van der Waals surface area contributed by atoms with Crippen LogP contribution in [0.25, 0.3) is 0 Å². The van der Waals surface area contributed by atoms with E-state index in [4.69, 9.17) is 26.3 Å². The van der Waals surface area contributed by atoms with Crippen molar-refractivity contribution in [2.75, 3.05) is 0 Å². The molecule has 0 aromatic heterocycles. The van der Waals surface area contributed by atoms with Crippen LogP contribution in [0.3, 0.4) is 0 Å². The normalized spacial score (nSPS) is 11.1. The number of nitriles is 5. The third-order valence-corrected chi connectivity index (χ3v) is 2.79. The molecule has 0 bridgehead atoms. The van der Waals surface area contributed by atoms with Gasteiger partial charge < -0.3 is 0 Å². The molecule has 18 heavy (non-hydrogen) atoms. The molecule has 0 aromatic rings. The Morgan fingerprint density at radius 3 is 1.94 bits per heavy atom. The molecular formula is C13H13N5. The summed E-state index contributed by atoms with van der Waals surface area (Å²) in [6.07, 6.45) is 2.83. The molecule has 0 aliphatic heterocycles. The Kier molecular flexibility index (Phi) is 7.37. The molecule has 0 aliphatic carbocycles. The van der Waals surface area contributed by atoms with Gasteiger partial charge in [0.15, 0.2) is 5.41 Å². The van der Waals surface area contributed by atoms with Gasteiger partial charge in [-0.05, 0) is 12.8 Å². The number of nitrogens with zero attached hydrogens (tertiary/aromatic N) is 5. The Bertz CT molecular complexity index is 446. The fraction of sp³-hybridized carbons (Fsp3) is 0.615. The third kappa shape index (κ3) is 4.14. The highest BCUT2D eigenvalue weighted by Crippen LogP contribution is 2.33. The molecule has 5 nitrogen and oxygen atoms in total. The lowest BCUT2D eigenvalue weighted by Crippen LogP contribution is -2.26. The van der Waals surface area contributed by atoms with Gasteiger partial charge >= 0.3 is 0 Å². The summed E-state index contributed by atoms with van der Waals surface area (Å²) in [4.78, 5) is 0. The topological polar surface area (TPSA) is 119 Å². The molecule has 0 heterocycles. The minimum atomic E-state index is -1.53. The minimum absolute atomic E-state index is 0.254. The molecule has 0 amide bonds. The van der Waals surface area contributed by atoms with E-state index < -0.39 is 11.3 Å². The summed E-state index contributed by atoms with van der Waals surface area (Å²) in [7, 11) is 0. The zero-order valence-electron chi connectivity index (χ0n) is 10.1. The molecule has 1 atom stereocenters. The van der Waals surface area contributed by atoms with E-state index in [0.29, 0.717) is 19.3 Å². The second kappa shape index (κ2) is 8.58. The van der Waals surface area contributed by atoms with Crippen molar-refractivity contribution in [1.82, 2.24) is 0 Å². The lowest BCUT2D eigenvalue weighted by atomic mass is 9.74. The predicted octanol–water partition coefficient (Wildman–Crippen LogP) is 2.55. The Labute approximate surface area is 107 Å². The Balaban J connectivity index is 4.54. The highest BCUT2D eigenvalue weighted by atomic mass is 14.5. The summed E-state index contributed by atoms with van der Waals surface area (Å²) in [5.41, 5.74) is -1.53. The molecule has 0 radical (unpaired) electrons. The first-order chi connectivity index (χ1) is 8.70. The van der Waals surface area contributed by atoms with Crippen molar-refractivity contribution >= 4 is 0 Å². The largest absolute Gasteiger partial charge is 0.198 e. The Morgan fingerprint density at radius 1 is 0.833 bits per heavy atom. The molecule has 0 spiro atoms. The maximum absolute atomic E-state index is 9.04. The van der Waals surface area contributed by atoms with Gasteiger partial charge in [0.1, 0.15) is 0 Å². The molecule has 0 aromatic carbocycles. The number of hydrogen-bond donors (Lipinski definition) is 0. The van der Waals surface area contributed by atoms with Crippen LogP contribution in [0.1, 0.15) is 38.5 Å². The first-order valence-corrected chi connectivity index (χ1v) is 5.66. The summed E-state index contributed by atoms with van der Waals surface area (Å²) in [5.74, 6) is -0.755. The summed E-state index contributed by atoms with van der Waals surface area (Å²) in [5, 5.41) is 44.1. The van der Waals surface area contributed by atoms with Gasteiger partial charge in [-0.1, -0.05) is 12.8 Å². The summed E-state index contributed by atoms with van der Waals surface area (Å²) < 4.78 is 0. The van der Waals surface area contributed by atoms with E-state index in [0.717, 1.165) is 12.8 Å². The Morgan fingerprint density at radius 2 is 1.50 bits per heavy atom. The van der Waals surface area contributed by atoms with Crippen LogP contribution in [0.4, 0.5) is 0 Å². The highest BCUT2D eigenvalue weighted by Gasteiger charge is 2.39. The van der Waals surface area contributed by atoms with Crippen LogP contribution >= 0.6 is 0 Å². The van der Waals surface area contributed by atoms with Crippen LogP contribution in [-0.2, 0) is 0 Å². The second-order valence-corrected chi connectivity index (χ2v) is 3.97. The van der Waals surface area contributed by atoms with Crippen molar-refractivity contribution in [1.29, 1.82) is 26.3 Å². The lowest BCUT2D eigenvalue weighted by Gasteiger charge is -2.20. The van der Waals surface area contributed by atoms with Crippen LogP contribution in [0.15, 0.2) is 0 Å². The molecule has 0 N–H and O–H groups in total. The molecule has 0 fully saturated rings. The molecule has 90 valence electrons. The van der Waals surface area contributed by atoms with Gasteiger partial charge in [-0.25, -0.2) is 0 Å². The zero-order valence-corrected chi connectivity index (χ0v) is 10.1. The number of rotatable bonds is 7. The van der Waals surface area contributed by atoms with Gasteiger partial charge in [0.25, 0.3) is 0 Å². The van der Waals surface area contributed by atoms with Crippen molar-refractivity contribution in [2.24, 2.45) is 11.3 Å². The van der Waals surface area contributed by atoms with Crippen molar-refractivity contribution in [3.63, 3.8) is 0 Å². The fourth-order valence-corrected chi connectivity index (χ4v) is 1.66. The molecular weight excluding hydrogens is 226 g/mol. The number of unbranched alkanes of at least 4 members (excludes halogenated alkanes) is 3. The van der Waals surface area contributed by atoms with Gasteiger partial charge in [0.05, 0.1) is 42.7 Å². The average Bonchev–Trinajstić information content (AvgIpc) is 2.41. The van der Waals surface area contributed by atoms with Crippen molar-refractivity contribution in [2.45, 2.75) is 38.5 Å². The predicted molar refractivity (Wildman–Crippen MR) is 61.7 cm³/mol. The van der Waals surface area contributed by atoms with Gasteiger partial charge in [-0.15, -0.1) is 0 Å². The van der Waals surface area contributed by atoms with Gasteiger partial charge in [0.2, 0.25) is 0 Å². The van der Waals surface area contributed by atoms with E-state index in [1.54, 1.807) is 6.07 Å². The van der Waals surface area contributed by atoms with Crippen LogP contribution in [0.5, 0.6) is 0 Å². The molecule has 0 aliphatic rings. The van der Waals surface area contributed by atoms with E-state index in [1.807, 2.05) is 24.3 Å². The molecule has 5 heteroatoms. The summed E-state index contributed by atoms with van der Waals surface area (Å²) in [6.45, 7) is 0. The first-order valence-electron chi connectivity index (χ1n) is 5.66. The van der Waals surface area contributed by atoms with Crippen LogP contribution in [-0.4, -0.2) is 0 Å². The van der Waals surface area contributed by atoms with Crippen molar-refractivity contribution in [3.05, 3.63) is 0 Å². The molecule has 0 rings (SSSR count). The third-order valence-electron chi connectivity index (χ3n) is 2.79. The van der Waals surface area contributed by atoms with Crippen LogP contribution in [0, 0.1) is 68.0 Å². The lowest BCUT2D eigenvalue weighted by molar-refractivity contribution is 0.361. The van der Waals surface area contributed by atoms with E-state index >= 15 is 0 Å². The first kappa shape index (κ1) is 15.4. The highest BCUT2D eigenvalue weighted by molar-refractivity contribution is 5.23. The summed E-state index contributed by atoms with van der Waals surface area (Å²) in [6, 6.07) is 9.41. The standard InChI is InChI=1S/C13H13N5/c14-7-4-2-1-3-5-12(9-16)13(10-17,11-18)6-8-15/h12H,1-6H2. The van der Waals surface area contributed by atoms with Crippen molar-refractivity contribution in [3.8, 4) is 30.3 Å². The minimum Gasteiger partial charge on any atom is -0.198 e. The maximum atomic E-state index is 9.04. The van der Waals surface area contributed by atoms with E-state index in [1.165, 1.54) is 0 Å². The van der Waals surface area contributed by atoms with E-state index in [-0.39, 0.29) is 6.42 Å². The van der Waals surface area contributed by atoms with Gasteiger partial charge in [0, 0.05) is 6.42 Å². The summed E-state index contributed by atoms with van der Waals surface area (Å²) >= 11 is 0. The maximum Gasteiger partial charge on any atom is 0.172 e. The average molecular weight is 239 g/mol. The van der Waals surface area contributed by atoms with Gasteiger partial charge in [-0.3, -0.25) is 0 Å². The molecule has 0 saturated heterocycles. The smallest absolute Gasteiger partial charge is 0.172 e. The second-order valence-electron chi connectivity index (χ2n) is 3.97. The van der Waals surface area contributed by atoms with Crippen molar-refractivity contribution < 1.29 is 0 Å².